The third-order valence-corrected chi connectivity index (χ3v) is 8.95. The van der Waals surface area contributed by atoms with Crippen molar-refractivity contribution in [3.63, 3.8) is 0 Å². The molecule has 0 amide bonds. The second-order valence-electron chi connectivity index (χ2n) is 8.68. The third-order valence-electron chi connectivity index (χ3n) is 6.82. The Kier molecular flexibility index (Phi) is 6.26. The number of aromatic nitrogens is 1. The van der Waals surface area contributed by atoms with E-state index in [9.17, 15) is 8.42 Å². The highest BCUT2D eigenvalue weighted by molar-refractivity contribution is 7.89. The average molecular weight is 489 g/mol. The van der Waals surface area contributed by atoms with Crippen molar-refractivity contribution < 1.29 is 13.2 Å². The Bertz CT molecular complexity index is 1250. The summed E-state index contributed by atoms with van der Waals surface area (Å²) < 4.78 is 34.1. The molecule has 2 aromatic carbocycles. The molecule has 0 unspecified atom stereocenters. The number of piperidine rings is 1. The molecule has 33 heavy (non-hydrogen) atoms. The van der Waals surface area contributed by atoms with Gasteiger partial charge in [0.2, 0.25) is 10.0 Å². The van der Waals surface area contributed by atoms with Gasteiger partial charge in [-0.15, -0.1) is 0 Å². The molecule has 3 heterocycles. The molecule has 0 bridgehead atoms. The van der Waals surface area contributed by atoms with Gasteiger partial charge in [0.15, 0.2) is 0 Å². The van der Waals surface area contributed by atoms with Crippen molar-refractivity contribution in [3.05, 3.63) is 53.2 Å². The van der Waals surface area contributed by atoms with Crippen LogP contribution in [0.3, 0.4) is 0 Å². The van der Waals surface area contributed by atoms with Crippen LogP contribution in [0.25, 0.3) is 10.9 Å². The number of piperazine rings is 1. The largest absolute Gasteiger partial charge is 0.495 e. The van der Waals surface area contributed by atoms with Crippen LogP contribution in [0, 0.1) is 0 Å². The Labute approximate surface area is 199 Å². The molecule has 0 saturated carbocycles. The minimum Gasteiger partial charge on any atom is -0.495 e. The Morgan fingerprint density at radius 3 is 2.52 bits per heavy atom. The highest BCUT2D eigenvalue weighted by atomic mass is 35.5. The van der Waals surface area contributed by atoms with Crippen LogP contribution >= 0.6 is 11.6 Å². The zero-order valence-corrected chi connectivity index (χ0v) is 20.3. The second-order valence-corrected chi connectivity index (χ2v) is 11.1. The number of nitrogens with zero attached hydrogens (tertiary/aromatic N) is 2. The highest BCUT2D eigenvalue weighted by Crippen LogP contribution is 2.37. The first-order valence-corrected chi connectivity index (χ1v) is 13.2. The summed E-state index contributed by atoms with van der Waals surface area (Å²) in [6, 6.07) is 11.1. The van der Waals surface area contributed by atoms with Crippen LogP contribution < -0.4 is 15.0 Å². The van der Waals surface area contributed by atoms with Crippen LogP contribution in [0.5, 0.6) is 5.75 Å². The van der Waals surface area contributed by atoms with Crippen molar-refractivity contribution in [2.75, 3.05) is 51.3 Å². The molecular weight excluding hydrogens is 460 g/mol. The summed E-state index contributed by atoms with van der Waals surface area (Å²) in [5.74, 6) is 1.02. The van der Waals surface area contributed by atoms with Crippen LogP contribution in [-0.4, -0.2) is 64.1 Å². The van der Waals surface area contributed by atoms with Gasteiger partial charge in [0, 0.05) is 61.4 Å². The maximum Gasteiger partial charge on any atom is 0.243 e. The Balaban J connectivity index is 1.35. The van der Waals surface area contributed by atoms with Gasteiger partial charge in [-0.25, -0.2) is 8.42 Å². The molecule has 0 atom stereocenters. The second kappa shape index (κ2) is 9.18. The number of nitrogens with one attached hydrogen (secondary N) is 2. The number of methoxy groups -OCH3 is 1. The predicted molar refractivity (Wildman–Crippen MR) is 132 cm³/mol. The van der Waals surface area contributed by atoms with Crippen LogP contribution in [0.15, 0.2) is 47.5 Å². The third kappa shape index (κ3) is 4.33. The summed E-state index contributed by atoms with van der Waals surface area (Å²) >= 11 is 6.11. The summed E-state index contributed by atoms with van der Waals surface area (Å²) in [7, 11) is -1.95. The number of ether oxygens (including phenoxy) is 1. The van der Waals surface area contributed by atoms with E-state index in [0.717, 1.165) is 55.6 Å². The summed E-state index contributed by atoms with van der Waals surface area (Å²) in [4.78, 5) is 5.82. The lowest BCUT2D eigenvalue weighted by atomic mass is 9.90. The fourth-order valence-corrected chi connectivity index (χ4v) is 6.66. The number of H-pyrrole nitrogens is 1. The standard InChI is InChI=1S/C24H29ClN4O3S/c1-32-24-5-3-19(15-23(24)28-12-8-26-9-13-28)33(30,31)29-10-6-17(7-11-29)21-16-27-22-14-18(25)2-4-20(21)22/h2-5,14-17,26-27H,6-13H2,1H3. The number of halogens is 1. The van der Waals surface area contributed by atoms with Gasteiger partial charge >= 0.3 is 0 Å². The number of hydrogen-bond acceptors (Lipinski definition) is 5. The lowest BCUT2D eigenvalue weighted by Gasteiger charge is -2.33. The SMILES string of the molecule is COc1ccc(S(=O)(=O)N2CCC(c3c[nH]c4cc(Cl)ccc34)CC2)cc1N1CCNCC1. The Hall–Kier alpha value is -2.26. The van der Waals surface area contributed by atoms with Gasteiger partial charge in [0.05, 0.1) is 17.7 Å². The van der Waals surface area contributed by atoms with E-state index in [1.165, 1.54) is 5.56 Å². The highest BCUT2D eigenvalue weighted by Gasteiger charge is 2.31. The van der Waals surface area contributed by atoms with Gasteiger partial charge < -0.3 is 19.9 Å². The van der Waals surface area contributed by atoms with E-state index >= 15 is 0 Å². The molecule has 2 saturated heterocycles. The van der Waals surface area contributed by atoms with Crippen molar-refractivity contribution in [1.29, 1.82) is 0 Å². The molecule has 5 rings (SSSR count). The molecule has 2 fully saturated rings. The van der Waals surface area contributed by atoms with E-state index in [1.54, 1.807) is 29.6 Å². The van der Waals surface area contributed by atoms with E-state index in [-0.39, 0.29) is 0 Å². The van der Waals surface area contributed by atoms with Gasteiger partial charge in [-0.3, -0.25) is 0 Å². The lowest BCUT2D eigenvalue weighted by Crippen LogP contribution is -2.43. The summed E-state index contributed by atoms with van der Waals surface area (Å²) in [6.07, 6.45) is 3.62. The molecule has 9 heteroatoms. The summed E-state index contributed by atoms with van der Waals surface area (Å²) in [6.45, 7) is 4.38. The molecule has 2 N–H and O–H groups in total. The van der Waals surface area contributed by atoms with Crippen LogP contribution in [0.4, 0.5) is 5.69 Å². The first-order valence-electron chi connectivity index (χ1n) is 11.4. The summed E-state index contributed by atoms with van der Waals surface area (Å²) in [5, 5.41) is 5.20. The molecule has 7 nitrogen and oxygen atoms in total. The van der Waals surface area contributed by atoms with E-state index < -0.39 is 10.0 Å². The van der Waals surface area contributed by atoms with Crippen molar-refractivity contribution in [3.8, 4) is 5.75 Å². The minimum absolute atomic E-state index is 0.318. The molecule has 0 spiro atoms. The molecular formula is C24H29ClN4O3S. The number of hydrogen-bond donors (Lipinski definition) is 2. The Morgan fingerprint density at radius 2 is 1.79 bits per heavy atom. The molecule has 176 valence electrons. The number of anilines is 1. The monoisotopic (exact) mass is 488 g/mol. The van der Waals surface area contributed by atoms with Gasteiger partial charge in [0.1, 0.15) is 5.75 Å². The van der Waals surface area contributed by atoms with Crippen molar-refractivity contribution in [2.24, 2.45) is 0 Å². The quantitative estimate of drug-likeness (QED) is 0.571. The molecule has 0 radical (unpaired) electrons. The maximum atomic E-state index is 13.5. The van der Waals surface area contributed by atoms with Crippen LogP contribution in [-0.2, 0) is 10.0 Å². The van der Waals surface area contributed by atoms with E-state index in [2.05, 4.69) is 15.2 Å². The fraction of sp³-hybridized carbons (Fsp3) is 0.417. The van der Waals surface area contributed by atoms with E-state index in [0.29, 0.717) is 34.7 Å². The van der Waals surface area contributed by atoms with Gasteiger partial charge in [-0.2, -0.15) is 4.31 Å². The van der Waals surface area contributed by atoms with Crippen LogP contribution in [0.1, 0.15) is 24.3 Å². The summed E-state index contributed by atoms with van der Waals surface area (Å²) in [5.41, 5.74) is 3.10. The predicted octanol–water partition coefficient (Wildman–Crippen LogP) is 3.81. The molecule has 3 aromatic rings. The maximum absolute atomic E-state index is 13.5. The average Bonchev–Trinajstić information content (AvgIpc) is 3.27. The zero-order chi connectivity index (χ0) is 23.0. The van der Waals surface area contributed by atoms with Gasteiger partial charge in [-0.05, 0) is 54.7 Å². The first-order chi connectivity index (χ1) is 16.0. The molecule has 2 aliphatic heterocycles. The number of benzene rings is 2. The zero-order valence-electron chi connectivity index (χ0n) is 18.7. The van der Waals surface area contributed by atoms with Crippen molar-refractivity contribution >= 4 is 38.2 Å². The Morgan fingerprint density at radius 1 is 1.03 bits per heavy atom. The smallest absolute Gasteiger partial charge is 0.243 e. The number of sulfonamides is 1. The van der Waals surface area contributed by atoms with Crippen molar-refractivity contribution in [2.45, 2.75) is 23.7 Å². The molecule has 2 aliphatic rings. The normalized spacial score (nSPS) is 18.7. The van der Waals surface area contributed by atoms with Gasteiger partial charge in [-0.1, -0.05) is 17.7 Å². The van der Waals surface area contributed by atoms with Gasteiger partial charge in [0.25, 0.3) is 0 Å². The van der Waals surface area contributed by atoms with Crippen molar-refractivity contribution in [1.82, 2.24) is 14.6 Å². The van der Waals surface area contributed by atoms with E-state index in [1.807, 2.05) is 24.4 Å². The first kappa shape index (κ1) is 22.5. The molecule has 1 aromatic heterocycles. The van der Waals surface area contributed by atoms with Crippen LogP contribution in [0.2, 0.25) is 5.02 Å². The lowest BCUT2D eigenvalue weighted by molar-refractivity contribution is 0.320. The molecule has 0 aliphatic carbocycles. The minimum atomic E-state index is -3.58. The number of rotatable bonds is 5. The topological polar surface area (TPSA) is 77.7 Å². The number of fused-ring (bicyclic) bond motifs is 1. The number of aromatic amines is 1. The van der Waals surface area contributed by atoms with E-state index in [4.69, 9.17) is 16.3 Å². The fourth-order valence-electron chi connectivity index (χ4n) is 5.00.